The molecule has 0 saturated carbocycles. The molecule has 1 unspecified atom stereocenters. The van der Waals surface area contributed by atoms with Crippen LogP contribution in [0, 0.1) is 0 Å². The zero-order valence-corrected chi connectivity index (χ0v) is 13.0. The Morgan fingerprint density at radius 1 is 1.55 bits per heavy atom. The lowest BCUT2D eigenvalue weighted by Crippen LogP contribution is -2.34. The minimum atomic E-state index is 0.0911. The fourth-order valence-electron chi connectivity index (χ4n) is 2.52. The van der Waals surface area contributed by atoms with Crippen molar-refractivity contribution in [1.29, 1.82) is 0 Å². The van der Waals surface area contributed by atoms with Gasteiger partial charge in [0.15, 0.2) is 0 Å². The minimum Gasteiger partial charge on any atom is -0.336 e. The maximum atomic E-state index is 12.5. The number of amides is 1. The lowest BCUT2D eigenvalue weighted by atomic mass is 10.2. The number of halogens is 1. The highest BCUT2D eigenvalue weighted by Gasteiger charge is 2.29. The summed E-state index contributed by atoms with van der Waals surface area (Å²) in [5, 5.41) is 0.659. The summed E-state index contributed by atoms with van der Waals surface area (Å²) in [6, 6.07) is 4.05. The van der Waals surface area contributed by atoms with Gasteiger partial charge in [0.25, 0.3) is 5.91 Å². The monoisotopic (exact) mass is 309 g/mol. The summed E-state index contributed by atoms with van der Waals surface area (Å²) in [5.74, 6) is 0.0911. The van der Waals surface area contributed by atoms with Crippen molar-refractivity contribution >= 4 is 39.1 Å². The van der Waals surface area contributed by atoms with Crippen molar-refractivity contribution in [3.63, 3.8) is 0 Å². The van der Waals surface area contributed by atoms with Crippen LogP contribution in [0.25, 0.3) is 10.2 Å². The Morgan fingerprint density at radius 2 is 2.35 bits per heavy atom. The number of nitrogens with zero attached hydrogens (tertiary/aromatic N) is 3. The number of aromatic nitrogens is 1. The third-order valence-electron chi connectivity index (χ3n) is 3.76. The van der Waals surface area contributed by atoms with Crippen molar-refractivity contribution < 1.29 is 4.79 Å². The van der Waals surface area contributed by atoms with Crippen LogP contribution in [-0.4, -0.2) is 53.9 Å². The van der Waals surface area contributed by atoms with Crippen LogP contribution in [-0.2, 0) is 0 Å². The molecule has 0 bridgehead atoms. The zero-order valence-electron chi connectivity index (χ0n) is 11.5. The molecule has 4 nitrogen and oxygen atoms in total. The number of likely N-dealkylation sites (N-methyl/N-ethyl adjacent to an activating group) is 1. The highest BCUT2D eigenvalue weighted by atomic mass is 35.5. The number of fused-ring (bicyclic) bond motifs is 1. The van der Waals surface area contributed by atoms with Gasteiger partial charge in [-0.15, -0.1) is 11.3 Å². The summed E-state index contributed by atoms with van der Waals surface area (Å²) in [4.78, 5) is 21.6. The molecular formula is C14H16ClN3OS. The van der Waals surface area contributed by atoms with Crippen LogP contribution in [0.1, 0.15) is 16.1 Å². The summed E-state index contributed by atoms with van der Waals surface area (Å²) in [6.45, 7) is 1.61. The molecule has 6 heteroatoms. The predicted molar refractivity (Wildman–Crippen MR) is 82.6 cm³/mol. The van der Waals surface area contributed by atoms with Gasteiger partial charge in [0, 0.05) is 25.3 Å². The van der Waals surface area contributed by atoms with Gasteiger partial charge in [0.2, 0.25) is 0 Å². The van der Waals surface area contributed by atoms with Crippen molar-refractivity contribution in [2.45, 2.75) is 12.5 Å². The van der Waals surface area contributed by atoms with E-state index in [0.29, 0.717) is 11.1 Å². The van der Waals surface area contributed by atoms with Crippen LogP contribution >= 0.6 is 22.9 Å². The lowest BCUT2D eigenvalue weighted by molar-refractivity contribution is 0.0788. The van der Waals surface area contributed by atoms with E-state index >= 15 is 0 Å². The first-order valence-corrected chi connectivity index (χ1v) is 7.75. The third-order valence-corrected chi connectivity index (χ3v) is 5.33. The molecule has 0 spiro atoms. The number of likely N-dealkylation sites (tertiary alicyclic amines) is 1. The molecule has 3 rings (SSSR count). The Kier molecular flexibility index (Phi) is 3.67. The average molecular weight is 310 g/mol. The molecule has 0 N–H and O–H groups in total. The number of rotatable bonds is 2. The molecule has 0 aliphatic carbocycles. The smallest absolute Gasteiger partial charge is 0.264 e. The summed E-state index contributed by atoms with van der Waals surface area (Å²) in [7, 11) is 4.11. The van der Waals surface area contributed by atoms with Crippen LogP contribution < -0.4 is 0 Å². The van der Waals surface area contributed by atoms with E-state index in [-0.39, 0.29) is 5.91 Å². The van der Waals surface area contributed by atoms with Gasteiger partial charge >= 0.3 is 0 Å². The Hall–Kier alpha value is -1.17. The van der Waals surface area contributed by atoms with E-state index in [4.69, 9.17) is 11.6 Å². The van der Waals surface area contributed by atoms with Crippen LogP contribution in [0.2, 0.25) is 5.02 Å². The first-order valence-electron chi connectivity index (χ1n) is 6.56. The minimum absolute atomic E-state index is 0.0911. The number of carbonyl (C=O) groups excluding carboxylic acids is 1. The molecule has 0 radical (unpaired) electrons. The fraction of sp³-hybridized carbons (Fsp3) is 0.429. The van der Waals surface area contributed by atoms with Gasteiger partial charge < -0.3 is 9.80 Å². The van der Waals surface area contributed by atoms with E-state index in [2.05, 4.69) is 24.0 Å². The quantitative estimate of drug-likeness (QED) is 0.856. The topological polar surface area (TPSA) is 36.4 Å². The van der Waals surface area contributed by atoms with Gasteiger partial charge in [0.05, 0.1) is 20.1 Å². The van der Waals surface area contributed by atoms with Gasteiger partial charge in [0.1, 0.15) is 0 Å². The molecule has 1 amide bonds. The number of thiophene rings is 1. The number of carbonyl (C=O) groups is 1. The second kappa shape index (κ2) is 5.31. The normalized spacial score (nSPS) is 19.2. The van der Waals surface area contributed by atoms with Crippen molar-refractivity contribution in [2.24, 2.45) is 0 Å². The molecule has 1 atom stereocenters. The predicted octanol–water partition coefficient (Wildman–Crippen LogP) is 2.73. The SMILES string of the molecule is CN(C)C1CCN(C(=O)c2cc3nccc(Cl)c3s2)C1. The fourth-order valence-corrected chi connectivity index (χ4v) is 3.77. The number of hydrogen-bond acceptors (Lipinski definition) is 4. The van der Waals surface area contributed by atoms with Crippen LogP contribution in [0.5, 0.6) is 0 Å². The molecule has 2 aromatic rings. The van der Waals surface area contributed by atoms with Gasteiger partial charge in [-0.1, -0.05) is 11.6 Å². The lowest BCUT2D eigenvalue weighted by Gasteiger charge is -2.19. The first kappa shape index (κ1) is 13.8. The summed E-state index contributed by atoms with van der Waals surface area (Å²) >= 11 is 7.57. The molecule has 106 valence electrons. The van der Waals surface area contributed by atoms with Crippen LogP contribution in [0.4, 0.5) is 0 Å². The Morgan fingerprint density at radius 3 is 3.00 bits per heavy atom. The second-order valence-corrected chi connectivity index (χ2v) is 6.73. The first-order chi connectivity index (χ1) is 9.56. The van der Waals surface area contributed by atoms with E-state index in [1.165, 1.54) is 11.3 Å². The molecule has 20 heavy (non-hydrogen) atoms. The van der Waals surface area contributed by atoms with E-state index in [0.717, 1.165) is 34.6 Å². The average Bonchev–Trinajstić information content (AvgIpc) is 3.05. The maximum absolute atomic E-state index is 12.5. The van der Waals surface area contributed by atoms with Crippen molar-refractivity contribution in [3.05, 3.63) is 28.2 Å². The van der Waals surface area contributed by atoms with Gasteiger partial charge in [-0.05, 0) is 32.6 Å². The molecule has 2 aromatic heterocycles. The standard InChI is InChI=1S/C14H16ClN3OS/c1-17(2)9-4-6-18(8-9)14(19)12-7-11-13(20-12)10(15)3-5-16-11/h3,5,7,9H,4,6,8H2,1-2H3. The van der Waals surface area contributed by atoms with E-state index in [1.54, 1.807) is 12.3 Å². The number of pyridine rings is 1. The van der Waals surface area contributed by atoms with E-state index in [1.807, 2.05) is 11.0 Å². The third kappa shape index (κ3) is 2.41. The van der Waals surface area contributed by atoms with Crippen molar-refractivity contribution in [2.75, 3.05) is 27.2 Å². The van der Waals surface area contributed by atoms with Gasteiger partial charge in [-0.2, -0.15) is 0 Å². The van der Waals surface area contributed by atoms with Gasteiger partial charge in [-0.25, -0.2) is 0 Å². The Labute approximate surface area is 127 Å². The molecule has 1 aliphatic rings. The van der Waals surface area contributed by atoms with Gasteiger partial charge in [-0.3, -0.25) is 9.78 Å². The van der Waals surface area contributed by atoms with Crippen molar-refractivity contribution in [3.8, 4) is 0 Å². The molecule has 1 fully saturated rings. The molecule has 0 aromatic carbocycles. The highest BCUT2D eigenvalue weighted by Crippen LogP contribution is 2.31. The Balaban J connectivity index is 1.84. The summed E-state index contributed by atoms with van der Waals surface area (Å²) in [6.07, 6.45) is 2.70. The van der Waals surface area contributed by atoms with E-state index in [9.17, 15) is 4.79 Å². The molecule has 3 heterocycles. The maximum Gasteiger partial charge on any atom is 0.264 e. The van der Waals surface area contributed by atoms with E-state index < -0.39 is 0 Å². The Bertz CT molecular complexity index is 655. The molecule has 1 saturated heterocycles. The summed E-state index contributed by atoms with van der Waals surface area (Å²) in [5.41, 5.74) is 0.800. The zero-order chi connectivity index (χ0) is 14.3. The molecular weight excluding hydrogens is 294 g/mol. The largest absolute Gasteiger partial charge is 0.336 e. The summed E-state index contributed by atoms with van der Waals surface area (Å²) < 4.78 is 0.890. The second-order valence-electron chi connectivity index (χ2n) is 5.28. The molecule has 1 aliphatic heterocycles. The number of hydrogen-bond donors (Lipinski definition) is 0. The van der Waals surface area contributed by atoms with Crippen molar-refractivity contribution in [1.82, 2.24) is 14.8 Å². The van der Waals surface area contributed by atoms with Crippen LogP contribution in [0.15, 0.2) is 18.3 Å². The van der Waals surface area contributed by atoms with Crippen LogP contribution in [0.3, 0.4) is 0 Å². The highest BCUT2D eigenvalue weighted by molar-refractivity contribution is 7.21.